The van der Waals surface area contributed by atoms with Crippen LogP contribution in [-0.4, -0.2) is 11.0 Å². The Morgan fingerprint density at radius 2 is 1.74 bits per heavy atom. The van der Waals surface area contributed by atoms with E-state index in [-0.39, 0.29) is 6.79 Å². The molecule has 3 nitrogen and oxygen atoms in total. The van der Waals surface area contributed by atoms with Gasteiger partial charge in [0.15, 0.2) is 11.5 Å². The Morgan fingerprint density at radius 1 is 1.11 bits per heavy atom. The summed E-state index contributed by atoms with van der Waals surface area (Å²) in [6.45, 7) is 2.21. The maximum atomic E-state index is 12.6. The number of ether oxygens (including phenoxy) is 2. The number of halogens is 1. The SMILES string of the molecule is Cc1ccc(S(=O)c2cc3c(cc2Br)OCO3)cc1. The van der Waals surface area contributed by atoms with E-state index in [4.69, 9.17) is 9.47 Å². The first-order valence-electron chi connectivity index (χ1n) is 5.73. The summed E-state index contributed by atoms with van der Waals surface area (Å²) in [6.07, 6.45) is 0. The molecule has 0 fully saturated rings. The van der Waals surface area contributed by atoms with Crippen molar-refractivity contribution in [2.45, 2.75) is 16.7 Å². The first kappa shape index (κ1) is 12.7. The molecule has 1 heterocycles. The fraction of sp³-hybridized carbons (Fsp3) is 0.143. The van der Waals surface area contributed by atoms with Gasteiger partial charge >= 0.3 is 0 Å². The summed E-state index contributed by atoms with van der Waals surface area (Å²) in [7, 11) is -1.24. The summed E-state index contributed by atoms with van der Waals surface area (Å²) in [6, 6.07) is 11.2. The van der Waals surface area contributed by atoms with Crippen LogP contribution in [0.25, 0.3) is 0 Å². The molecule has 98 valence electrons. The van der Waals surface area contributed by atoms with Crippen molar-refractivity contribution in [3.8, 4) is 11.5 Å². The molecule has 1 unspecified atom stereocenters. The van der Waals surface area contributed by atoms with E-state index in [9.17, 15) is 4.21 Å². The van der Waals surface area contributed by atoms with E-state index in [1.165, 1.54) is 0 Å². The van der Waals surface area contributed by atoms with Gasteiger partial charge in [-0.05, 0) is 41.1 Å². The number of hydrogen-bond acceptors (Lipinski definition) is 3. The highest BCUT2D eigenvalue weighted by Crippen LogP contribution is 2.39. The van der Waals surface area contributed by atoms with Gasteiger partial charge in [0.05, 0.1) is 15.7 Å². The van der Waals surface area contributed by atoms with Gasteiger partial charge in [0.2, 0.25) is 6.79 Å². The van der Waals surface area contributed by atoms with Crippen molar-refractivity contribution in [1.29, 1.82) is 0 Å². The molecule has 19 heavy (non-hydrogen) atoms. The molecule has 1 atom stereocenters. The lowest BCUT2D eigenvalue weighted by atomic mass is 10.2. The van der Waals surface area contributed by atoms with E-state index in [1.54, 1.807) is 12.1 Å². The molecule has 2 aromatic carbocycles. The normalized spacial score (nSPS) is 14.4. The maximum Gasteiger partial charge on any atom is 0.231 e. The zero-order chi connectivity index (χ0) is 13.4. The van der Waals surface area contributed by atoms with E-state index in [2.05, 4.69) is 15.9 Å². The Kier molecular flexibility index (Phi) is 3.33. The summed E-state index contributed by atoms with van der Waals surface area (Å²) in [5.41, 5.74) is 1.14. The second-order valence-electron chi connectivity index (χ2n) is 4.22. The Labute approximate surface area is 122 Å². The first-order valence-corrected chi connectivity index (χ1v) is 7.67. The van der Waals surface area contributed by atoms with Crippen molar-refractivity contribution in [3.63, 3.8) is 0 Å². The molecule has 2 aromatic rings. The zero-order valence-corrected chi connectivity index (χ0v) is 12.6. The summed E-state index contributed by atoms with van der Waals surface area (Å²) in [4.78, 5) is 1.46. The van der Waals surface area contributed by atoms with Crippen LogP contribution in [0.5, 0.6) is 11.5 Å². The molecule has 0 radical (unpaired) electrons. The number of fused-ring (bicyclic) bond motifs is 1. The van der Waals surface area contributed by atoms with E-state index in [0.29, 0.717) is 16.4 Å². The Morgan fingerprint density at radius 3 is 2.42 bits per heavy atom. The van der Waals surface area contributed by atoms with Crippen molar-refractivity contribution in [3.05, 3.63) is 46.4 Å². The third kappa shape index (κ3) is 2.40. The number of hydrogen-bond donors (Lipinski definition) is 0. The van der Waals surface area contributed by atoms with Gasteiger partial charge < -0.3 is 9.47 Å². The topological polar surface area (TPSA) is 35.5 Å². The lowest BCUT2D eigenvalue weighted by Gasteiger charge is -2.07. The molecule has 0 saturated heterocycles. The van der Waals surface area contributed by atoms with Gasteiger partial charge in [-0.3, -0.25) is 0 Å². The van der Waals surface area contributed by atoms with Crippen LogP contribution >= 0.6 is 15.9 Å². The van der Waals surface area contributed by atoms with Crippen LogP contribution in [0.4, 0.5) is 0 Å². The number of benzene rings is 2. The Hall–Kier alpha value is -1.33. The van der Waals surface area contributed by atoms with Crippen molar-refractivity contribution in [1.82, 2.24) is 0 Å². The summed E-state index contributed by atoms with van der Waals surface area (Å²) in [5, 5.41) is 0. The minimum Gasteiger partial charge on any atom is -0.454 e. The third-order valence-electron chi connectivity index (χ3n) is 2.86. The van der Waals surface area contributed by atoms with Crippen molar-refractivity contribution >= 4 is 26.7 Å². The molecule has 0 spiro atoms. The average molecular weight is 339 g/mol. The van der Waals surface area contributed by atoms with E-state index in [0.717, 1.165) is 14.9 Å². The molecule has 1 aliphatic heterocycles. The van der Waals surface area contributed by atoms with Crippen LogP contribution < -0.4 is 9.47 Å². The minimum atomic E-state index is -1.24. The Bertz CT molecular complexity index is 652. The molecule has 0 amide bonds. The quantitative estimate of drug-likeness (QED) is 0.838. The van der Waals surface area contributed by atoms with Crippen LogP contribution in [0.1, 0.15) is 5.56 Å². The fourth-order valence-corrected chi connectivity index (χ4v) is 3.68. The predicted molar refractivity (Wildman–Crippen MR) is 76.1 cm³/mol. The second-order valence-corrected chi connectivity index (χ2v) is 6.52. The van der Waals surface area contributed by atoms with Crippen LogP contribution in [-0.2, 0) is 10.8 Å². The van der Waals surface area contributed by atoms with Crippen LogP contribution in [0, 0.1) is 6.92 Å². The molecule has 0 bridgehead atoms. The standard InChI is InChI=1S/C14H11BrO3S/c1-9-2-4-10(5-3-9)19(16)14-7-13-12(6-11(14)15)17-8-18-13/h2-7H,8H2,1H3. The van der Waals surface area contributed by atoms with Gasteiger partial charge in [0.1, 0.15) is 0 Å². The molecule has 0 N–H and O–H groups in total. The van der Waals surface area contributed by atoms with Gasteiger partial charge in [-0.15, -0.1) is 0 Å². The third-order valence-corrected chi connectivity index (χ3v) is 5.22. The van der Waals surface area contributed by atoms with Crippen LogP contribution in [0.2, 0.25) is 0 Å². The highest BCUT2D eigenvalue weighted by atomic mass is 79.9. The Balaban J connectivity index is 2.02. The molecule has 0 saturated carbocycles. The van der Waals surface area contributed by atoms with E-state index in [1.807, 2.05) is 31.2 Å². The molecular formula is C14H11BrO3S. The smallest absolute Gasteiger partial charge is 0.231 e. The average Bonchev–Trinajstić information content (AvgIpc) is 2.85. The summed E-state index contributed by atoms with van der Waals surface area (Å²) >= 11 is 3.43. The predicted octanol–water partition coefficient (Wildman–Crippen LogP) is 3.65. The van der Waals surface area contributed by atoms with Crippen LogP contribution in [0.15, 0.2) is 50.7 Å². The van der Waals surface area contributed by atoms with Gasteiger partial charge in [-0.25, -0.2) is 4.21 Å². The van der Waals surface area contributed by atoms with E-state index >= 15 is 0 Å². The summed E-state index contributed by atoms with van der Waals surface area (Å²) in [5.74, 6) is 1.31. The van der Waals surface area contributed by atoms with Gasteiger partial charge in [-0.2, -0.15) is 0 Å². The van der Waals surface area contributed by atoms with Crippen molar-refractivity contribution in [2.75, 3.05) is 6.79 Å². The summed E-state index contributed by atoms with van der Waals surface area (Å²) < 4.78 is 23.9. The zero-order valence-electron chi connectivity index (χ0n) is 10.2. The largest absolute Gasteiger partial charge is 0.454 e. The molecule has 0 aromatic heterocycles. The number of rotatable bonds is 2. The molecule has 0 aliphatic carbocycles. The van der Waals surface area contributed by atoms with Crippen LogP contribution in [0.3, 0.4) is 0 Å². The first-order chi connectivity index (χ1) is 9.15. The minimum absolute atomic E-state index is 0.211. The van der Waals surface area contributed by atoms with Gasteiger partial charge in [0.25, 0.3) is 0 Å². The monoisotopic (exact) mass is 338 g/mol. The molecule has 3 rings (SSSR count). The molecule has 1 aliphatic rings. The highest BCUT2D eigenvalue weighted by Gasteiger charge is 2.19. The lowest BCUT2D eigenvalue weighted by Crippen LogP contribution is -1.95. The molecular weight excluding hydrogens is 328 g/mol. The van der Waals surface area contributed by atoms with E-state index < -0.39 is 10.8 Å². The lowest BCUT2D eigenvalue weighted by molar-refractivity contribution is 0.174. The van der Waals surface area contributed by atoms with Gasteiger partial charge in [-0.1, -0.05) is 17.7 Å². The maximum absolute atomic E-state index is 12.6. The molecule has 5 heteroatoms. The number of aryl methyl sites for hydroxylation is 1. The van der Waals surface area contributed by atoms with Crippen molar-refractivity contribution < 1.29 is 13.7 Å². The van der Waals surface area contributed by atoms with Crippen molar-refractivity contribution in [2.24, 2.45) is 0 Å². The fourth-order valence-electron chi connectivity index (χ4n) is 1.83. The highest BCUT2D eigenvalue weighted by molar-refractivity contribution is 9.10. The van der Waals surface area contributed by atoms with Gasteiger partial charge in [0, 0.05) is 15.4 Å². The second kappa shape index (κ2) is 4.98.